The zero-order valence-electron chi connectivity index (χ0n) is 13.1. The molecule has 4 nitrogen and oxygen atoms in total. The Morgan fingerprint density at radius 3 is 2.52 bits per heavy atom. The highest BCUT2D eigenvalue weighted by atomic mass is 16.5. The van der Waals surface area contributed by atoms with Crippen LogP contribution in [0, 0.1) is 11.8 Å². The van der Waals surface area contributed by atoms with E-state index in [4.69, 9.17) is 4.74 Å². The van der Waals surface area contributed by atoms with Gasteiger partial charge in [0.2, 0.25) is 0 Å². The number of alkyl carbamates (subject to hydrolysis) is 1. The van der Waals surface area contributed by atoms with Crippen molar-refractivity contribution in [3.63, 3.8) is 0 Å². The molecule has 0 fully saturated rings. The van der Waals surface area contributed by atoms with Gasteiger partial charge in [0.1, 0.15) is 6.61 Å². The van der Waals surface area contributed by atoms with E-state index in [0.29, 0.717) is 13.0 Å². The molecule has 0 aliphatic carbocycles. The molecule has 0 unspecified atom stereocenters. The van der Waals surface area contributed by atoms with Gasteiger partial charge in [-0.2, -0.15) is 0 Å². The number of ether oxygens (including phenoxy) is 1. The smallest absolute Gasteiger partial charge is 0.407 e. The van der Waals surface area contributed by atoms with E-state index < -0.39 is 6.09 Å². The lowest BCUT2D eigenvalue weighted by molar-refractivity contribution is 0.140. The van der Waals surface area contributed by atoms with Gasteiger partial charge >= 0.3 is 6.09 Å². The minimum Gasteiger partial charge on any atom is -0.445 e. The highest BCUT2D eigenvalue weighted by Crippen LogP contribution is 2.07. The molecule has 2 N–H and O–H groups in total. The number of benzene rings is 2. The number of anilines is 1. The summed E-state index contributed by atoms with van der Waals surface area (Å²) in [4.78, 5) is 11.5. The summed E-state index contributed by atoms with van der Waals surface area (Å²) in [6, 6.07) is 17.4. The van der Waals surface area contributed by atoms with Crippen LogP contribution in [0.25, 0.3) is 0 Å². The monoisotopic (exact) mass is 308 g/mol. The number of nitrogens with one attached hydrogen (secondary N) is 2. The highest BCUT2D eigenvalue weighted by Gasteiger charge is 2.00. The second kappa shape index (κ2) is 9.16. The van der Waals surface area contributed by atoms with E-state index in [0.717, 1.165) is 16.8 Å². The van der Waals surface area contributed by atoms with Gasteiger partial charge in [-0.3, -0.25) is 0 Å². The Bertz CT molecular complexity index is 670. The molecule has 2 aromatic carbocycles. The largest absolute Gasteiger partial charge is 0.445 e. The lowest BCUT2D eigenvalue weighted by Crippen LogP contribution is -2.24. The average molecular weight is 308 g/mol. The molecule has 0 heterocycles. The van der Waals surface area contributed by atoms with Crippen LogP contribution in [0.3, 0.4) is 0 Å². The topological polar surface area (TPSA) is 50.4 Å². The molecule has 2 aromatic rings. The van der Waals surface area contributed by atoms with Crippen LogP contribution >= 0.6 is 0 Å². The summed E-state index contributed by atoms with van der Waals surface area (Å²) in [5.41, 5.74) is 2.97. The van der Waals surface area contributed by atoms with E-state index in [1.807, 2.05) is 61.6 Å². The van der Waals surface area contributed by atoms with Crippen molar-refractivity contribution < 1.29 is 9.53 Å². The van der Waals surface area contributed by atoms with Gasteiger partial charge in [-0.05, 0) is 29.8 Å². The fraction of sp³-hybridized carbons (Fsp3) is 0.211. The normalized spacial score (nSPS) is 9.43. The second-order valence-corrected chi connectivity index (χ2v) is 4.87. The van der Waals surface area contributed by atoms with Gasteiger partial charge in [-0.25, -0.2) is 4.79 Å². The van der Waals surface area contributed by atoms with E-state index >= 15 is 0 Å². The third-order valence-corrected chi connectivity index (χ3v) is 3.14. The van der Waals surface area contributed by atoms with Crippen LogP contribution in [0.4, 0.5) is 10.5 Å². The van der Waals surface area contributed by atoms with E-state index in [-0.39, 0.29) is 6.61 Å². The first kappa shape index (κ1) is 16.4. The molecule has 0 aromatic heterocycles. The molecule has 118 valence electrons. The summed E-state index contributed by atoms with van der Waals surface area (Å²) < 4.78 is 5.11. The van der Waals surface area contributed by atoms with Crippen LogP contribution in [-0.2, 0) is 11.3 Å². The molecule has 0 bridgehead atoms. The lowest BCUT2D eigenvalue weighted by atomic mass is 10.2. The van der Waals surface area contributed by atoms with Crippen LogP contribution in [0.15, 0.2) is 54.6 Å². The summed E-state index contributed by atoms with van der Waals surface area (Å²) >= 11 is 0. The minimum atomic E-state index is -0.422. The summed E-state index contributed by atoms with van der Waals surface area (Å²) in [5, 5.41) is 5.74. The van der Waals surface area contributed by atoms with Gasteiger partial charge in [-0.1, -0.05) is 42.2 Å². The van der Waals surface area contributed by atoms with Crippen LogP contribution < -0.4 is 10.6 Å². The van der Waals surface area contributed by atoms with Crippen molar-refractivity contribution in [3.05, 3.63) is 65.7 Å². The van der Waals surface area contributed by atoms with Crippen molar-refractivity contribution in [2.75, 3.05) is 18.9 Å². The molecule has 1 amide bonds. The van der Waals surface area contributed by atoms with Gasteiger partial charge in [-0.15, -0.1) is 0 Å². The number of rotatable bonds is 5. The van der Waals surface area contributed by atoms with Crippen LogP contribution in [-0.4, -0.2) is 19.7 Å². The Kier molecular flexibility index (Phi) is 6.55. The summed E-state index contributed by atoms with van der Waals surface area (Å²) in [6.45, 7) is 0.741. The van der Waals surface area contributed by atoms with E-state index in [2.05, 4.69) is 22.5 Å². The third kappa shape index (κ3) is 6.15. The molecular formula is C19H20N2O2. The van der Waals surface area contributed by atoms with Crippen LogP contribution in [0.5, 0.6) is 0 Å². The summed E-state index contributed by atoms with van der Waals surface area (Å²) in [7, 11) is 1.88. The molecule has 0 atom stereocenters. The van der Waals surface area contributed by atoms with Crippen molar-refractivity contribution in [3.8, 4) is 11.8 Å². The zero-order chi connectivity index (χ0) is 16.3. The predicted molar refractivity (Wildman–Crippen MR) is 92.1 cm³/mol. The molecule has 4 heteroatoms. The maximum atomic E-state index is 11.5. The fourth-order valence-electron chi connectivity index (χ4n) is 1.89. The number of hydrogen-bond donors (Lipinski definition) is 2. The standard InChI is InChI=1S/C19H20N2O2/c1-20-18-12-10-16(11-13-18)7-5-6-14-21-19(22)23-15-17-8-3-2-4-9-17/h2-4,8-13,20H,6,14-15H2,1H3,(H,21,22). The molecule has 23 heavy (non-hydrogen) atoms. The number of hydrogen-bond acceptors (Lipinski definition) is 3. The molecule has 2 rings (SSSR count). The maximum absolute atomic E-state index is 11.5. The molecule has 0 aliphatic heterocycles. The molecule has 0 radical (unpaired) electrons. The molecule has 0 saturated carbocycles. The molecule has 0 aliphatic rings. The fourth-order valence-corrected chi connectivity index (χ4v) is 1.89. The minimum absolute atomic E-state index is 0.274. The van der Waals surface area contributed by atoms with Crippen LogP contribution in [0.2, 0.25) is 0 Å². The predicted octanol–water partition coefficient (Wildman–Crippen LogP) is 3.40. The average Bonchev–Trinajstić information content (AvgIpc) is 2.61. The zero-order valence-corrected chi connectivity index (χ0v) is 13.1. The first-order valence-electron chi connectivity index (χ1n) is 7.49. The van der Waals surface area contributed by atoms with Crippen molar-refractivity contribution in [1.82, 2.24) is 5.32 Å². The maximum Gasteiger partial charge on any atom is 0.407 e. The van der Waals surface area contributed by atoms with Crippen molar-refractivity contribution in [2.45, 2.75) is 13.0 Å². The van der Waals surface area contributed by atoms with Crippen LogP contribution in [0.1, 0.15) is 17.5 Å². The Morgan fingerprint density at radius 2 is 1.83 bits per heavy atom. The third-order valence-electron chi connectivity index (χ3n) is 3.14. The van der Waals surface area contributed by atoms with E-state index in [1.54, 1.807) is 0 Å². The Labute approximate surface area is 136 Å². The number of carbonyl (C=O) groups is 1. The lowest BCUT2D eigenvalue weighted by Gasteiger charge is -2.05. The van der Waals surface area contributed by atoms with Gasteiger partial charge in [0.15, 0.2) is 0 Å². The van der Waals surface area contributed by atoms with Crippen molar-refractivity contribution in [2.24, 2.45) is 0 Å². The first-order chi connectivity index (χ1) is 11.3. The first-order valence-corrected chi connectivity index (χ1v) is 7.49. The SMILES string of the molecule is CNc1ccc(C#CCCNC(=O)OCc2ccccc2)cc1. The summed E-state index contributed by atoms with van der Waals surface area (Å²) in [6.07, 6.45) is 0.155. The van der Waals surface area contributed by atoms with Crippen molar-refractivity contribution in [1.29, 1.82) is 0 Å². The second-order valence-electron chi connectivity index (χ2n) is 4.87. The van der Waals surface area contributed by atoms with Gasteiger partial charge in [0, 0.05) is 31.3 Å². The van der Waals surface area contributed by atoms with Gasteiger partial charge < -0.3 is 15.4 Å². The number of amides is 1. The molecule has 0 spiro atoms. The quantitative estimate of drug-likeness (QED) is 0.657. The highest BCUT2D eigenvalue weighted by molar-refractivity contribution is 5.67. The molecular weight excluding hydrogens is 288 g/mol. The Morgan fingerprint density at radius 1 is 1.09 bits per heavy atom. The van der Waals surface area contributed by atoms with E-state index in [9.17, 15) is 4.79 Å². The number of carbonyl (C=O) groups excluding carboxylic acids is 1. The van der Waals surface area contributed by atoms with Gasteiger partial charge in [0.25, 0.3) is 0 Å². The Balaban J connectivity index is 1.65. The Hall–Kier alpha value is -2.93. The van der Waals surface area contributed by atoms with Crippen molar-refractivity contribution >= 4 is 11.8 Å². The van der Waals surface area contributed by atoms with Gasteiger partial charge in [0.05, 0.1) is 0 Å². The van der Waals surface area contributed by atoms with E-state index in [1.165, 1.54) is 0 Å². The molecule has 0 saturated heterocycles. The summed E-state index contributed by atoms with van der Waals surface area (Å²) in [5.74, 6) is 6.09.